The van der Waals surface area contributed by atoms with Crippen LogP contribution in [0.2, 0.25) is 0 Å². The molecular weight excluding hydrogens is 354 g/mol. The van der Waals surface area contributed by atoms with E-state index in [-0.39, 0.29) is 17.7 Å². The lowest BCUT2D eigenvalue weighted by Gasteiger charge is -2.19. The first-order chi connectivity index (χ1) is 12.2. The van der Waals surface area contributed by atoms with E-state index in [1.54, 1.807) is 43.3 Å². The zero-order valence-corrected chi connectivity index (χ0v) is 15.2. The number of benzene rings is 2. The molecule has 2 aromatic carbocycles. The van der Waals surface area contributed by atoms with E-state index in [0.29, 0.717) is 34.6 Å². The molecule has 0 aromatic heterocycles. The molecule has 136 valence electrons. The van der Waals surface area contributed by atoms with E-state index in [1.807, 2.05) is 0 Å². The van der Waals surface area contributed by atoms with Crippen LogP contribution in [0.15, 0.2) is 36.4 Å². The summed E-state index contributed by atoms with van der Waals surface area (Å²) in [5.74, 6) is -0.416. The fraction of sp³-hybridized carbons (Fsp3) is 0.222. The van der Waals surface area contributed by atoms with Gasteiger partial charge in [0, 0.05) is 29.7 Å². The molecule has 0 radical (unpaired) electrons. The Kier molecular flexibility index (Phi) is 4.69. The average Bonchev–Trinajstić information content (AvgIpc) is 2.56. The van der Waals surface area contributed by atoms with Gasteiger partial charge in [0.05, 0.1) is 5.75 Å². The molecule has 8 heteroatoms. The average molecular weight is 373 g/mol. The molecule has 3 amide bonds. The topological polar surface area (TPSA) is 104 Å². The van der Waals surface area contributed by atoms with Gasteiger partial charge in [0.15, 0.2) is 9.84 Å². The summed E-state index contributed by atoms with van der Waals surface area (Å²) in [5.41, 5.74) is 3.81. The Bertz CT molecular complexity index is 999. The van der Waals surface area contributed by atoms with Crippen molar-refractivity contribution < 1.29 is 18.0 Å². The van der Waals surface area contributed by atoms with Gasteiger partial charge in [0.25, 0.3) is 5.91 Å². The molecule has 1 aliphatic rings. The lowest BCUT2D eigenvalue weighted by atomic mass is 10.1. The van der Waals surface area contributed by atoms with Crippen molar-refractivity contribution in [3.05, 3.63) is 58.7 Å². The van der Waals surface area contributed by atoms with Crippen LogP contribution in [0.4, 0.5) is 16.2 Å². The molecule has 26 heavy (non-hydrogen) atoms. The maximum Gasteiger partial charge on any atom is 0.319 e. The molecule has 0 spiro atoms. The van der Waals surface area contributed by atoms with Gasteiger partial charge in [-0.1, -0.05) is 18.2 Å². The number of rotatable bonds is 4. The quantitative estimate of drug-likeness (QED) is 0.765. The summed E-state index contributed by atoms with van der Waals surface area (Å²) >= 11 is 0. The van der Waals surface area contributed by atoms with Crippen molar-refractivity contribution in [2.75, 3.05) is 16.9 Å². The van der Waals surface area contributed by atoms with E-state index in [0.717, 1.165) is 5.56 Å². The van der Waals surface area contributed by atoms with Gasteiger partial charge >= 0.3 is 6.03 Å². The minimum Gasteiger partial charge on any atom is -0.334 e. The minimum atomic E-state index is -3.17. The second kappa shape index (κ2) is 6.80. The van der Waals surface area contributed by atoms with Gasteiger partial charge in [-0.3, -0.25) is 4.79 Å². The highest BCUT2D eigenvalue weighted by Crippen LogP contribution is 2.24. The van der Waals surface area contributed by atoms with Gasteiger partial charge in [-0.15, -0.1) is 0 Å². The van der Waals surface area contributed by atoms with Crippen molar-refractivity contribution in [1.82, 2.24) is 5.32 Å². The highest BCUT2D eigenvalue weighted by molar-refractivity contribution is 7.89. The SMILES string of the molecule is Cc1c(CS(C)(=O)=O)cccc1NC(=O)c1ccc2c(c1)NC(=O)NC2. The largest absolute Gasteiger partial charge is 0.334 e. The second-order valence-electron chi connectivity index (χ2n) is 6.29. The molecule has 3 rings (SSSR count). The first-order valence-electron chi connectivity index (χ1n) is 7.98. The Morgan fingerprint density at radius 1 is 1.23 bits per heavy atom. The number of hydrogen-bond acceptors (Lipinski definition) is 4. The van der Waals surface area contributed by atoms with Crippen LogP contribution < -0.4 is 16.0 Å². The molecule has 0 unspecified atom stereocenters. The molecule has 0 atom stereocenters. The monoisotopic (exact) mass is 373 g/mol. The number of fused-ring (bicyclic) bond motifs is 1. The fourth-order valence-corrected chi connectivity index (χ4v) is 3.66. The predicted octanol–water partition coefficient (Wildman–Crippen LogP) is 2.43. The number of amides is 3. The number of urea groups is 1. The van der Waals surface area contributed by atoms with Gasteiger partial charge in [-0.05, 0) is 41.8 Å². The normalized spacial score (nSPS) is 13.4. The number of carbonyl (C=O) groups excluding carboxylic acids is 2. The van der Waals surface area contributed by atoms with Crippen LogP contribution in [-0.2, 0) is 22.1 Å². The minimum absolute atomic E-state index is 0.0829. The van der Waals surface area contributed by atoms with E-state index in [4.69, 9.17) is 0 Å². The van der Waals surface area contributed by atoms with E-state index in [9.17, 15) is 18.0 Å². The molecule has 2 aromatic rings. The number of carbonyl (C=O) groups is 2. The van der Waals surface area contributed by atoms with E-state index >= 15 is 0 Å². The Morgan fingerprint density at radius 2 is 2.00 bits per heavy atom. The Morgan fingerprint density at radius 3 is 2.73 bits per heavy atom. The molecular formula is C18H19N3O4S. The molecule has 0 fully saturated rings. The molecule has 1 aliphatic heterocycles. The van der Waals surface area contributed by atoms with Crippen LogP contribution in [0.1, 0.15) is 27.0 Å². The third-order valence-electron chi connectivity index (χ3n) is 4.17. The summed E-state index contributed by atoms with van der Waals surface area (Å²) in [7, 11) is -3.17. The fourth-order valence-electron chi connectivity index (χ4n) is 2.78. The predicted molar refractivity (Wildman–Crippen MR) is 100.0 cm³/mol. The van der Waals surface area contributed by atoms with Crippen LogP contribution in [0.25, 0.3) is 0 Å². The Balaban J connectivity index is 1.83. The maximum absolute atomic E-state index is 12.6. The van der Waals surface area contributed by atoms with Crippen molar-refractivity contribution in [2.45, 2.75) is 19.2 Å². The molecule has 0 aliphatic carbocycles. The molecule has 3 N–H and O–H groups in total. The van der Waals surface area contributed by atoms with Gasteiger partial charge in [0.2, 0.25) is 0 Å². The van der Waals surface area contributed by atoms with Gasteiger partial charge in [-0.25, -0.2) is 13.2 Å². The van der Waals surface area contributed by atoms with Crippen LogP contribution in [0.5, 0.6) is 0 Å². The zero-order chi connectivity index (χ0) is 18.9. The summed E-state index contributed by atoms with van der Waals surface area (Å²) < 4.78 is 23.1. The van der Waals surface area contributed by atoms with Gasteiger partial charge in [-0.2, -0.15) is 0 Å². The number of hydrogen-bond donors (Lipinski definition) is 3. The van der Waals surface area contributed by atoms with Crippen LogP contribution >= 0.6 is 0 Å². The maximum atomic E-state index is 12.6. The van der Waals surface area contributed by atoms with Gasteiger partial charge in [0.1, 0.15) is 0 Å². The van der Waals surface area contributed by atoms with Crippen molar-refractivity contribution in [1.29, 1.82) is 0 Å². The number of anilines is 2. The van der Waals surface area contributed by atoms with Crippen molar-refractivity contribution in [3.63, 3.8) is 0 Å². The summed E-state index contributed by atoms with van der Waals surface area (Å²) in [6.45, 7) is 2.19. The summed E-state index contributed by atoms with van der Waals surface area (Å²) in [6, 6.07) is 9.95. The highest BCUT2D eigenvalue weighted by Gasteiger charge is 2.17. The van der Waals surface area contributed by atoms with Crippen LogP contribution in [0, 0.1) is 6.92 Å². The molecule has 1 heterocycles. The second-order valence-corrected chi connectivity index (χ2v) is 8.43. The zero-order valence-electron chi connectivity index (χ0n) is 14.4. The van der Waals surface area contributed by atoms with E-state index in [2.05, 4.69) is 16.0 Å². The van der Waals surface area contributed by atoms with Crippen molar-refractivity contribution in [3.8, 4) is 0 Å². The van der Waals surface area contributed by atoms with Gasteiger partial charge < -0.3 is 16.0 Å². The smallest absolute Gasteiger partial charge is 0.319 e. The van der Waals surface area contributed by atoms with Crippen molar-refractivity contribution >= 4 is 33.2 Å². The third kappa shape index (κ3) is 4.02. The van der Waals surface area contributed by atoms with E-state index in [1.165, 1.54) is 6.26 Å². The third-order valence-corrected chi connectivity index (χ3v) is 5.01. The Labute approximate surface area is 151 Å². The summed E-state index contributed by atoms with van der Waals surface area (Å²) in [4.78, 5) is 24.0. The molecule has 7 nitrogen and oxygen atoms in total. The molecule has 0 saturated heterocycles. The van der Waals surface area contributed by atoms with E-state index < -0.39 is 9.84 Å². The summed E-state index contributed by atoms with van der Waals surface area (Å²) in [5, 5.41) is 8.14. The van der Waals surface area contributed by atoms with Crippen LogP contribution in [-0.4, -0.2) is 26.6 Å². The number of nitrogens with one attached hydrogen (secondary N) is 3. The first kappa shape index (κ1) is 17.9. The summed E-state index contributed by atoms with van der Waals surface area (Å²) in [6.07, 6.45) is 1.17. The Hall–Kier alpha value is -2.87. The lowest BCUT2D eigenvalue weighted by Crippen LogP contribution is -2.33. The molecule has 0 bridgehead atoms. The van der Waals surface area contributed by atoms with Crippen molar-refractivity contribution in [2.24, 2.45) is 0 Å². The lowest BCUT2D eigenvalue weighted by molar-refractivity contribution is 0.102. The van der Waals surface area contributed by atoms with Crippen LogP contribution in [0.3, 0.4) is 0 Å². The standard InChI is InChI=1S/C18H19N3O4S/c1-11-14(10-26(2,24)25)4-3-5-15(11)20-17(22)12-6-7-13-9-19-18(23)21-16(13)8-12/h3-8H,9-10H2,1-2H3,(H,20,22)(H2,19,21,23). The number of sulfone groups is 1. The first-order valence-corrected chi connectivity index (χ1v) is 10.0. The molecule has 0 saturated carbocycles. The highest BCUT2D eigenvalue weighted by atomic mass is 32.2.